The Morgan fingerprint density at radius 2 is 1.79 bits per heavy atom. The van der Waals surface area contributed by atoms with E-state index in [-0.39, 0.29) is 0 Å². The first kappa shape index (κ1) is 15.6. The summed E-state index contributed by atoms with van der Waals surface area (Å²) >= 11 is 0. The molecule has 0 fully saturated rings. The van der Waals surface area contributed by atoms with E-state index < -0.39 is 29.2 Å². The second-order valence-electron chi connectivity index (χ2n) is 5.03. The molecule has 106 valence electrons. The number of nitrogens with zero attached hydrogens (tertiary/aromatic N) is 1. The molecule has 0 bridgehead atoms. The molecule has 19 heavy (non-hydrogen) atoms. The van der Waals surface area contributed by atoms with Gasteiger partial charge < -0.3 is 5.11 Å². The van der Waals surface area contributed by atoms with Gasteiger partial charge >= 0.3 is 5.97 Å². The van der Waals surface area contributed by atoms with Crippen LogP contribution < -0.4 is 0 Å². The molecular formula is C14H19F2NO2. The summed E-state index contributed by atoms with van der Waals surface area (Å²) in [6.07, 6.45) is 0. The molecule has 3 nitrogen and oxygen atoms in total. The number of halogens is 2. The molecule has 1 unspecified atom stereocenters. The lowest BCUT2D eigenvalue weighted by molar-refractivity contribution is -0.150. The molecule has 1 N–H and O–H groups in total. The van der Waals surface area contributed by atoms with Crippen LogP contribution in [0, 0.1) is 11.6 Å². The van der Waals surface area contributed by atoms with Crippen LogP contribution in [0.5, 0.6) is 0 Å². The highest BCUT2D eigenvalue weighted by molar-refractivity contribution is 5.77. The lowest BCUT2D eigenvalue weighted by Gasteiger charge is -2.39. The molecular weight excluding hydrogens is 252 g/mol. The van der Waals surface area contributed by atoms with Gasteiger partial charge in [-0.15, -0.1) is 0 Å². The first-order chi connectivity index (χ1) is 8.70. The van der Waals surface area contributed by atoms with Crippen molar-refractivity contribution < 1.29 is 18.7 Å². The van der Waals surface area contributed by atoms with Crippen LogP contribution in [0.15, 0.2) is 18.2 Å². The van der Waals surface area contributed by atoms with E-state index in [1.807, 2.05) is 6.92 Å². The maximum absolute atomic E-state index is 13.2. The molecule has 0 radical (unpaired) electrons. The summed E-state index contributed by atoms with van der Waals surface area (Å²) in [6, 6.07) is 2.86. The SMILES string of the molecule is CCN(C(C)c1cc(F)cc(F)c1)C(C)(C)C(=O)O. The number of carboxylic acids is 1. The van der Waals surface area contributed by atoms with Crippen molar-refractivity contribution in [1.29, 1.82) is 0 Å². The minimum absolute atomic E-state index is 0.402. The summed E-state index contributed by atoms with van der Waals surface area (Å²) < 4.78 is 26.5. The molecule has 1 rings (SSSR count). The summed E-state index contributed by atoms with van der Waals surface area (Å²) in [4.78, 5) is 13.0. The molecule has 0 aromatic heterocycles. The highest BCUT2D eigenvalue weighted by Crippen LogP contribution is 2.29. The third-order valence-corrected chi connectivity index (χ3v) is 3.42. The predicted octanol–water partition coefficient (Wildman–Crippen LogP) is 3.21. The highest BCUT2D eigenvalue weighted by atomic mass is 19.1. The standard InChI is InChI=1S/C14H19F2NO2/c1-5-17(14(3,4)13(18)19)9(2)10-6-11(15)8-12(16)7-10/h6-9H,5H2,1-4H3,(H,18,19). The number of benzene rings is 1. The Bertz CT molecular complexity index is 454. The van der Waals surface area contributed by atoms with Gasteiger partial charge in [0.2, 0.25) is 0 Å². The van der Waals surface area contributed by atoms with Gasteiger partial charge in [-0.05, 0) is 45.0 Å². The van der Waals surface area contributed by atoms with Crippen molar-refractivity contribution in [1.82, 2.24) is 4.90 Å². The van der Waals surface area contributed by atoms with Gasteiger partial charge in [0.05, 0.1) is 0 Å². The van der Waals surface area contributed by atoms with Crippen molar-refractivity contribution >= 4 is 5.97 Å². The fourth-order valence-corrected chi connectivity index (χ4v) is 2.27. The maximum atomic E-state index is 13.2. The summed E-state index contributed by atoms with van der Waals surface area (Å²) in [5.74, 6) is -2.30. The molecule has 0 amide bonds. The smallest absolute Gasteiger partial charge is 0.323 e. The van der Waals surface area contributed by atoms with E-state index in [0.717, 1.165) is 6.07 Å². The van der Waals surface area contributed by atoms with Crippen LogP contribution in [0.2, 0.25) is 0 Å². The number of carboxylic acid groups (broad SMARTS) is 1. The van der Waals surface area contributed by atoms with E-state index in [9.17, 15) is 18.7 Å². The van der Waals surface area contributed by atoms with E-state index in [1.54, 1.807) is 25.7 Å². The molecule has 0 saturated heterocycles. The molecule has 0 spiro atoms. The summed E-state index contributed by atoms with van der Waals surface area (Å²) in [5, 5.41) is 9.26. The molecule has 0 aliphatic heterocycles. The van der Waals surface area contributed by atoms with Crippen molar-refractivity contribution in [2.24, 2.45) is 0 Å². The van der Waals surface area contributed by atoms with Crippen molar-refractivity contribution in [2.45, 2.75) is 39.3 Å². The summed E-state index contributed by atoms with van der Waals surface area (Å²) in [5.41, 5.74) is -0.689. The lowest BCUT2D eigenvalue weighted by Crippen LogP contribution is -2.51. The Labute approximate surface area is 111 Å². The van der Waals surface area contributed by atoms with Crippen LogP contribution in [0.1, 0.15) is 39.3 Å². The monoisotopic (exact) mass is 271 g/mol. The number of rotatable bonds is 5. The van der Waals surface area contributed by atoms with E-state index in [0.29, 0.717) is 12.1 Å². The van der Waals surface area contributed by atoms with Crippen LogP contribution in [0.25, 0.3) is 0 Å². The number of likely N-dealkylation sites (N-methyl/N-ethyl adjacent to an activating group) is 1. The van der Waals surface area contributed by atoms with Crippen molar-refractivity contribution in [3.63, 3.8) is 0 Å². The van der Waals surface area contributed by atoms with Gasteiger partial charge in [-0.3, -0.25) is 9.69 Å². The van der Waals surface area contributed by atoms with E-state index in [2.05, 4.69) is 0 Å². The van der Waals surface area contributed by atoms with Gasteiger partial charge in [-0.1, -0.05) is 6.92 Å². The average Bonchev–Trinajstić information content (AvgIpc) is 2.27. The highest BCUT2D eigenvalue weighted by Gasteiger charge is 2.36. The third-order valence-electron chi connectivity index (χ3n) is 3.42. The van der Waals surface area contributed by atoms with Gasteiger partial charge in [-0.2, -0.15) is 0 Å². The summed E-state index contributed by atoms with van der Waals surface area (Å²) in [7, 11) is 0. The van der Waals surface area contributed by atoms with Crippen molar-refractivity contribution in [3.8, 4) is 0 Å². The first-order valence-electron chi connectivity index (χ1n) is 6.16. The largest absolute Gasteiger partial charge is 0.480 e. The average molecular weight is 271 g/mol. The van der Waals surface area contributed by atoms with Crippen LogP contribution in [-0.2, 0) is 4.79 Å². The molecule has 0 saturated carbocycles. The molecule has 1 aromatic rings. The minimum Gasteiger partial charge on any atom is -0.480 e. The van der Waals surface area contributed by atoms with Crippen LogP contribution in [0.3, 0.4) is 0 Å². The zero-order chi connectivity index (χ0) is 14.8. The molecule has 0 heterocycles. The zero-order valence-corrected chi connectivity index (χ0v) is 11.6. The van der Waals surface area contributed by atoms with Gasteiger partial charge in [-0.25, -0.2) is 8.78 Å². The first-order valence-corrected chi connectivity index (χ1v) is 6.16. The molecule has 0 aliphatic rings. The van der Waals surface area contributed by atoms with Gasteiger partial charge in [0.15, 0.2) is 0 Å². The number of aliphatic carboxylic acids is 1. The Kier molecular flexibility index (Phi) is 4.63. The van der Waals surface area contributed by atoms with Gasteiger partial charge in [0.1, 0.15) is 17.2 Å². The fourth-order valence-electron chi connectivity index (χ4n) is 2.27. The molecule has 1 aromatic carbocycles. The Hall–Kier alpha value is -1.49. The van der Waals surface area contributed by atoms with Gasteiger partial charge in [0.25, 0.3) is 0 Å². The van der Waals surface area contributed by atoms with Crippen LogP contribution in [0.4, 0.5) is 8.78 Å². The number of hydrogen-bond donors (Lipinski definition) is 1. The van der Waals surface area contributed by atoms with Crippen molar-refractivity contribution in [3.05, 3.63) is 35.4 Å². The number of hydrogen-bond acceptors (Lipinski definition) is 2. The Balaban J connectivity index is 3.15. The molecule has 5 heteroatoms. The number of carbonyl (C=O) groups is 1. The van der Waals surface area contributed by atoms with Gasteiger partial charge in [0, 0.05) is 12.1 Å². The maximum Gasteiger partial charge on any atom is 0.323 e. The summed E-state index contributed by atoms with van der Waals surface area (Å²) in [6.45, 7) is 7.16. The van der Waals surface area contributed by atoms with Crippen molar-refractivity contribution in [2.75, 3.05) is 6.54 Å². The molecule has 1 atom stereocenters. The van der Waals surface area contributed by atoms with Crippen LogP contribution in [-0.4, -0.2) is 28.1 Å². The van der Waals surface area contributed by atoms with E-state index in [4.69, 9.17) is 0 Å². The van der Waals surface area contributed by atoms with E-state index >= 15 is 0 Å². The second-order valence-corrected chi connectivity index (χ2v) is 5.03. The van der Waals surface area contributed by atoms with Crippen LogP contribution >= 0.6 is 0 Å². The third kappa shape index (κ3) is 3.29. The lowest BCUT2D eigenvalue weighted by atomic mass is 9.97. The predicted molar refractivity (Wildman–Crippen MR) is 68.9 cm³/mol. The van der Waals surface area contributed by atoms with E-state index in [1.165, 1.54) is 12.1 Å². The minimum atomic E-state index is -1.11. The quantitative estimate of drug-likeness (QED) is 0.894. The topological polar surface area (TPSA) is 40.5 Å². The Morgan fingerprint density at radius 3 is 2.16 bits per heavy atom. The Morgan fingerprint density at radius 1 is 1.32 bits per heavy atom. The normalized spacial score (nSPS) is 13.6. The molecule has 0 aliphatic carbocycles. The zero-order valence-electron chi connectivity index (χ0n) is 11.6. The second kappa shape index (κ2) is 5.65. The fraction of sp³-hybridized carbons (Fsp3) is 0.500.